The minimum absolute atomic E-state index is 0.198. The van der Waals surface area contributed by atoms with Crippen molar-refractivity contribution in [2.45, 2.75) is 32.7 Å². The summed E-state index contributed by atoms with van der Waals surface area (Å²) in [6.45, 7) is 4.73. The number of aliphatic hydroxyl groups is 1. The molecule has 5 heteroatoms. The first-order valence-electron chi connectivity index (χ1n) is 7.03. The van der Waals surface area contributed by atoms with E-state index in [-0.39, 0.29) is 6.61 Å². The predicted molar refractivity (Wildman–Crippen MR) is 84.5 cm³/mol. The number of halogens is 1. The number of hydrogen-bond acceptors (Lipinski definition) is 4. The number of aliphatic hydroxyl groups excluding tert-OH is 1. The number of hydrogen-bond donors (Lipinski definition) is 2. The van der Waals surface area contributed by atoms with Crippen molar-refractivity contribution in [2.75, 3.05) is 26.9 Å². The standard InChI is InChI=1S/C15H24BrNO3/c1-3-6-17-11-12-9-13(16)15(14(10-12)19-2)20-8-5-4-7-18/h9-10,17-18H,3-8,11H2,1-2H3. The molecule has 114 valence electrons. The Bertz CT molecular complexity index is 399. The molecule has 1 rings (SSSR count). The summed E-state index contributed by atoms with van der Waals surface area (Å²) in [6, 6.07) is 4.04. The largest absolute Gasteiger partial charge is 0.493 e. The van der Waals surface area contributed by atoms with Crippen molar-refractivity contribution in [2.24, 2.45) is 0 Å². The van der Waals surface area contributed by atoms with Gasteiger partial charge in [-0.1, -0.05) is 6.92 Å². The van der Waals surface area contributed by atoms with Crippen LogP contribution in [0.5, 0.6) is 11.5 Å². The molecule has 0 atom stereocenters. The molecule has 0 aliphatic heterocycles. The SMILES string of the molecule is CCCNCc1cc(Br)c(OCCCCO)c(OC)c1. The van der Waals surface area contributed by atoms with E-state index >= 15 is 0 Å². The van der Waals surface area contributed by atoms with Gasteiger partial charge in [0, 0.05) is 13.2 Å². The third-order valence-electron chi connectivity index (χ3n) is 2.84. The molecule has 20 heavy (non-hydrogen) atoms. The Hall–Kier alpha value is -0.780. The third kappa shape index (κ3) is 5.69. The maximum Gasteiger partial charge on any atom is 0.175 e. The lowest BCUT2D eigenvalue weighted by Gasteiger charge is -2.14. The van der Waals surface area contributed by atoms with Gasteiger partial charge in [-0.3, -0.25) is 0 Å². The Balaban J connectivity index is 2.69. The Kier molecular flexibility index (Phi) is 8.65. The second-order valence-electron chi connectivity index (χ2n) is 4.56. The summed E-state index contributed by atoms with van der Waals surface area (Å²) in [5.41, 5.74) is 1.16. The molecule has 0 aromatic heterocycles. The van der Waals surface area contributed by atoms with E-state index in [9.17, 15) is 0 Å². The predicted octanol–water partition coefficient (Wildman–Crippen LogP) is 3.11. The van der Waals surface area contributed by atoms with Gasteiger partial charge in [0.2, 0.25) is 0 Å². The summed E-state index contributed by atoms with van der Waals surface area (Å²) in [7, 11) is 1.64. The Morgan fingerprint density at radius 2 is 2.10 bits per heavy atom. The monoisotopic (exact) mass is 345 g/mol. The van der Waals surface area contributed by atoms with Gasteiger partial charge in [0.1, 0.15) is 0 Å². The second kappa shape index (κ2) is 10.0. The Morgan fingerprint density at radius 3 is 2.75 bits per heavy atom. The van der Waals surface area contributed by atoms with E-state index in [0.29, 0.717) is 6.61 Å². The van der Waals surface area contributed by atoms with E-state index in [2.05, 4.69) is 28.2 Å². The molecular weight excluding hydrogens is 322 g/mol. The van der Waals surface area contributed by atoms with E-state index in [0.717, 1.165) is 53.9 Å². The quantitative estimate of drug-likeness (QED) is 0.639. The molecule has 4 nitrogen and oxygen atoms in total. The molecule has 0 aliphatic rings. The molecule has 0 amide bonds. The van der Waals surface area contributed by atoms with Crippen LogP contribution in [0.25, 0.3) is 0 Å². The van der Waals surface area contributed by atoms with Gasteiger partial charge in [-0.15, -0.1) is 0 Å². The molecule has 0 saturated heterocycles. The minimum Gasteiger partial charge on any atom is -0.493 e. The highest BCUT2D eigenvalue weighted by Gasteiger charge is 2.11. The normalized spacial score (nSPS) is 10.6. The minimum atomic E-state index is 0.198. The first kappa shape index (κ1) is 17.3. The Morgan fingerprint density at radius 1 is 1.30 bits per heavy atom. The van der Waals surface area contributed by atoms with Gasteiger partial charge < -0.3 is 19.9 Å². The molecule has 0 radical (unpaired) electrons. The van der Waals surface area contributed by atoms with Gasteiger partial charge in [-0.25, -0.2) is 0 Å². The van der Waals surface area contributed by atoms with Crippen LogP contribution in [0.2, 0.25) is 0 Å². The maximum absolute atomic E-state index is 8.76. The van der Waals surface area contributed by atoms with Crippen molar-refractivity contribution in [3.05, 3.63) is 22.2 Å². The van der Waals surface area contributed by atoms with Gasteiger partial charge in [0.15, 0.2) is 11.5 Å². The van der Waals surface area contributed by atoms with Gasteiger partial charge in [-0.05, 0) is 59.4 Å². The number of methoxy groups -OCH3 is 1. The van der Waals surface area contributed by atoms with Crippen LogP contribution in [0.3, 0.4) is 0 Å². The molecule has 0 bridgehead atoms. The number of ether oxygens (including phenoxy) is 2. The molecule has 2 N–H and O–H groups in total. The topological polar surface area (TPSA) is 50.7 Å². The van der Waals surface area contributed by atoms with Crippen LogP contribution in [-0.2, 0) is 6.54 Å². The van der Waals surface area contributed by atoms with E-state index in [4.69, 9.17) is 14.6 Å². The summed E-state index contributed by atoms with van der Waals surface area (Å²) >= 11 is 3.53. The van der Waals surface area contributed by atoms with Crippen molar-refractivity contribution in [1.82, 2.24) is 5.32 Å². The van der Waals surface area contributed by atoms with Crippen LogP contribution in [0, 0.1) is 0 Å². The lowest BCUT2D eigenvalue weighted by molar-refractivity contribution is 0.246. The third-order valence-corrected chi connectivity index (χ3v) is 3.43. The van der Waals surface area contributed by atoms with E-state index in [1.54, 1.807) is 7.11 Å². The highest BCUT2D eigenvalue weighted by atomic mass is 79.9. The zero-order valence-corrected chi connectivity index (χ0v) is 13.8. The van der Waals surface area contributed by atoms with E-state index in [1.165, 1.54) is 0 Å². The first-order chi connectivity index (χ1) is 9.72. The molecule has 0 heterocycles. The zero-order chi connectivity index (χ0) is 14.8. The molecule has 1 aromatic rings. The number of nitrogens with one attached hydrogen (secondary N) is 1. The molecular formula is C15H24BrNO3. The fraction of sp³-hybridized carbons (Fsp3) is 0.600. The van der Waals surface area contributed by atoms with Crippen molar-refractivity contribution in [1.29, 1.82) is 0 Å². The Labute approximate surface area is 129 Å². The van der Waals surface area contributed by atoms with Crippen molar-refractivity contribution >= 4 is 15.9 Å². The molecule has 1 aromatic carbocycles. The van der Waals surface area contributed by atoms with Crippen LogP contribution in [-0.4, -0.2) is 32.0 Å². The summed E-state index contributed by atoms with van der Waals surface area (Å²) in [6.07, 6.45) is 2.69. The van der Waals surface area contributed by atoms with Crippen LogP contribution in [0.15, 0.2) is 16.6 Å². The number of unbranched alkanes of at least 4 members (excludes halogenated alkanes) is 1. The van der Waals surface area contributed by atoms with Crippen molar-refractivity contribution in [3.8, 4) is 11.5 Å². The zero-order valence-electron chi connectivity index (χ0n) is 12.2. The van der Waals surface area contributed by atoms with Crippen LogP contribution in [0.4, 0.5) is 0 Å². The average molecular weight is 346 g/mol. The highest BCUT2D eigenvalue weighted by molar-refractivity contribution is 9.10. The molecule has 0 fully saturated rings. The van der Waals surface area contributed by atoms with Crippen molar-refractivity contribution in [3.63, 3.8) is 0 Å². The number of benzene rings is 1. The van der Waals surface area contributed by atoms with Gasteiger partial charge >= 0.3 is 0 Å². The lowest BCUT2D eigenvalue weighted by atomic mass is 10.2. The summed E-state index contributed by atoms with van der Waals surface area (Å²) < 4.78 is 12.0. The number of rotatable bonds is 10. The van der Waals surface area contributed by atoms with E-state index < -0.39 is 0 Å². The van der Waals surface area contributed by atoms with E-state index in [1.807, 2.05) is 12.1 Å². The average Bonchev–Trinajstić information content (AvgIpc) is 2.45. The van der Waals surface area contributed by atoms with Crippen LogP contribution in [0.1, 0.15) is 31.7 Å². The molecule has 0 spiro atoms. The smallest absolute Gasteiger partial charge is 0.175 e. The van der Waals surface area contributed by atoms with Gasteiger partial charge in [-0.2, -0.15) is 0 Å². The molecule has 0 aliphatic carbocycles. The van der Waals surface area contributed by atoms with Gasteiger partial charge in [0.05, 0.1) is 18.2 Å². The summed E-state index contributed by atoms with van der Waals surface area (Å²) in [5.74, 6) is 1.46. The fourth-order valence-corrected chi connectivity index (χ4v) is 2.42. The lowest BCUT2D eigenvalue weighted by Crippen LogP contribution is -2.14. The van der Waals surface area contributed by atoms with Crippen LogP contribution >= 0.6 is 15.9 Å². The summed E-state index contributed by atoms with van der Waals surface area (Å²) in [4.78, 5) is 0. The molecule has 0 saturated carbocycles. The second-order valence-corrected chi connectivity index (χ2v) is 5.42. The fourth-order valence-electron chi connectivity index (χ4n) is 1.81. The highest BCUT2D eigenvalue weighted by Crippen LogP contribution is 2.36. The van der Waals surface area contributed by atoms with Crippen LogP contribution < -0.4 is 14.8 Å². The molecule has 0 unspecified atom stereocenters. The summed E-state index contributed by atoms with van der Waals surface area (Å²) in [5, 5.41) is 12.1. The first-order valence-corrected chi connectivity index (χ1v) is 7.83. The van der Waals surface area contributed by atoms with Crippen molar-refractivity contribution < 1.29 is 14.6 Å². The van der Waals surface area contributed by atoms with Gasteiger partial charge in [0.25, 0.3) is 0 Å². The maximum atomic E-state index is 8.76.